The Bertz CT molecular complexity index is 682. The molecule has 4 N–H and O–H groups in total. The molecule has 0 saturated carbocycles. The Hall–Kier alpha value is -2.96. The number of hydrogen-bond donors (Lipinski definition) is 3. The summed E-state index contributed by atoms with van der Waals surface area (Å²) in [6.07, 6.45) is 0. The summed E-state index contributed by atoms with van der Waals surface area (Å²) in [7, 11) is 0. The van der Waals surface area contributed by atoms with E-state index in [0.29, 0.717) is 11.8 Å². The van der Waals surface area contributed by atoms with Crippen molar-refractivity contribution in [1.82, 2.24) is 5.32 Å². The summed E-state index contributed by atoms with van der Waals surface area (Å²) >= 11 is 0. The Kier molecular flexibility index (Phi) is 4.67. The number of nitrogens with one attached hydrogen (secondary N) is 2. The summed E-state index contributed by atoms with van der Waals surface area (Å²) in [6.45, 7) is 0.174. The highest BCUT2D eigenvalue weighted by atomic mass is 19.1. The maximum Gasteiger partial charge on any atom is 0.316 e. The third kappa shape index (κ3) is 4.27. The highest BCUT2D eigenvalue weighted by Crippen LogP contribution is 2.10. The highest BCUT2D eigenvalue weighted by molar-refractivity contribution is 5.94. The van der Waals surface area contributed by atoms with Gasteiger partial charge in [0.15, 0.2) is 0 Å². The predicted molar refractivity (Wildman–Crippen MR) is 77.2 cm³/mol. The molecule has 2 aromatic carbocycles. The summed E-state index contributed by atoms with van der Waals surface area (Å²) in [5.74, 6) is -2.21. The third-order valence-corrected chi connectivity index (χ3v) is 2.80. The van der Waals surface area contributed by atoms with Gasteiger partial charge in [-0.15, -0.1) is 0 Å². The fraction of sp³-hybridized carbons (Fsp3) is 0.0667. The van der Waals surface area contributed by atoms with E-state index in [9.17, 15) is 18.4 Å². The molecular weight excluding hydrogens is 292 g/mol. The summed E-state index contributed by atoms with van der Waals surface area (Å²) in [4.78, 5) is 22.5. The number of anilines is 1. The van der Waals surface area contributed by atoms with Crippen LogP contribution < -0.4 is 16.4 Å². The van der Waals surface area contributed by atoms with E-state index in [4.69, 9.17) is 5.73 Å². The van der Waals surface area contributed by atoms with Crippen molar-refractivity contribution < 1.29 is 18.4 Å². The summed E-state index contributed by atoms with van der Waals surface area (Å²) in [5.41, 5.74) is 6.16. The smallest absolute Gasteiger partial charge is 0.316 e. The van der Waals surface area contributed by atoms with Gasteiger partial charge in [0.25, 0.3) is 5.91 Å². The number of hydrogen-bond acceptors (Lipinski definition) is 2. The number of halogens is 2. The number of primary amides is 1. The first-order chi connectivity index (χ1) is 10.4. The van der Waals surface area contributed by atoms with Gasteiger partial charge in [-0.05, 0) is 29.8 Å². The maximum absolute atomic E-state index is 13.0. The molecule has 0 bridgehead atoms. The molecule has 2 aromatic rings. The lowest BCUT2D eigenvalue weighted by Crippen LogP contribution is -2.23. The zero-order valence-electron chi connectivity index (χ0n) is 11.4. The van der Waals surface area contributed by atoms with Crippen LogP contribution in [0.1, 0.15) is 15.9 Å². The molecular formula is C15H13F2N3O2. The lowest BCUT2D eigenvalue weighted by molar-refractivity contribution is 0.0950. The molecule has 0 spiro atoms. The van der Waals surface area contributed by atoms with E-state index in [1.807, 2.05) is 0 Å². The topological polar surface area (TPSA) is 84.2 Å². The molecule has 22 heavy (non-hydrogen) atoms. The van der Waals surface area contributed by atoms with Crippen LogP contribution in [-0.2, 0) is 6.54 Å². The van der Waals surface area contributed by atoms with Crippen LogP contribution in [0.2, 0.25) is 0 Å². The lowest BCUT2D eigenvalue weighted by Gasteiger charge is -2.07. The average Bonchev–Trinajstić information content (AvgIpc) is 2.44. The van der Waals surface area contributed by atoms with Gasteiger partial charge in [-0.2, -0.15) is 0 Å². The molecule has 0 atom stereocenters. The van der Waals surface area contributed by atoms with Crippen molar-refractivity contribution in [2.45, 2.75) is 6.54 Å². The van der Waals surface area contributed by atoms with Gasteiger partial charge in [0.05, 0.1) is 0 Å². The number of carbonyl (C=O) groups excluding carboxylic acids is 2. The molecule has 2 rings (SSSR count). The second kappa shape index (κ2) is 6.66. The standard InChI is InChI=1S/C15H13F2N3O2/c16-11-5-10(6-12(17)7-11)14(21)19-8-9-1-3-13(4-2-9)20-15(18)22/h1-7H,8H2,(H,19,21)(H3,18,20,22). The van der Waals surface area contributed by atoms with Gasteiger partial charge >= 0.3 is 6.03 Å². The van der Waals surface area contributed by atoms with Crippen molar-refractivity contribution in [3.8, 4) is 0 Å². The maximum atomic E-state index is 13.0. The predicted octanol–water partition coefficient (Wildman–Crippen LogP) is 2.39. The van der Waals surface area contributed by atoms with Gasteiger partial charge < -0.3 is 16.4 Å². The monoisotopic (exact) mass is 305 g/mol. The molecule has 0 aliphatic carbocycles. The molecule has 0 aromatic heterocycles. The van der Waals surface area contributed by atoms with Gasteiger partial charge in [0, 0.05) is 23.9 Å². The molecule has 0 heterocycles. The molecule has 0 radical (unpaired) electrons. The Morgan fingerprint density at radius 3 is 2.14 bits per heavy atom. The summed E-state index contributed by atoms with van der Waals surface area (Å²) in [5, 5.41) is 4.95. The Labute approximate surface area is 125 Å². The largest absolute Gasteiger partial charge is 0.351 e. The second-order valence-electron chi connectivity index (χ2n) is 4.53. The van der Waals surface area contributed by atoms with E-state index < -0.39 is 23.6 Å². The van der Waals surface area contributed by atoms with Crippen LogP contribution in [0.4, 0.5) is 19.3 Å². The Morgan fingerprint density at radius 1 is 1.00 bits per heavy atom. The van der Waals surface area contributed by atoms with Gasteiger partial charge in [-0.3, -0.25) is 4.79 Å². The number of urea groups is 1. The Balaban J connectivity index is 1.97. The van der Waals surface area contributed by atoms with Crippen molar-refractivity contribution >= 4 is 17.6 Å². The lowest BCUT2D eigenvalue weighted by atomic mass is 10.1. The van der Waals surface area contributed by atoms with E-state index in [1.54, 1.807) is 24.3 Å². The van der Waals surface area contributed by atoms with Crippen molar-refractivity contribution in [2.75, 3.05) is 5.32 Å². The first-order valence-corrected chi connectivity index (χ1v) is 6.34. The van der Waals surface area contributed by atoms with E-state index in [0.717, 1.165) is 17.7 Å². The SMILES string of the molecule is NC(=O)Nc1ccc(CNC(=O)c2cc(F)cc(F)c2)cc1. The molecule has 5 nitrogen and oxygen atoms in total. The minimum atomic E-state index is -0.813. The van der Waals surface area contributed by atoms with Gasteiger partial charge in [0.2, 0.25) is 0 Å². The third-order valence-electron chi connectivity index (χ3n) is 2.80. The fourth-order valence-corrected chi connectivity index (χ4v) is 1.82. The summed E-state index contributed by atoms with van der Waals surface area (Å²) in [6, 6.07) is 8.53. The zero-order chi connectivity index (χ0) is 16.1. The van der Waals surface area contributed by atoms with Gasteiger partial charge in [0.1, 0.15) is 11.6 Å². The summed E-state index contributed by atoms with van der Waals surface area (Å²) < 4.78 is 26.1. The molecule has 0 aliphatic heterocycles. The van der Waals surface area contributed by atoms with Crippen LogP contribution in [0.25, 0.3) is 0 Å². The average molecular weight is 305 g/mol. The number of amides is 3. The van der Waals surface area contributed by atoms with Crippen molar-refractivity contribution in [1.29, 1.82) is 0 Å². The van der Waals surface area contributed by atoms with Gasteiger partial charge in [-0.1, -0.05) is 12.1 Å². The number of benzene rings is 2. The van der Waals surface area contributed by atoms with Crippen LogP contribution >= 0.6 is 0 Å². The Morgan fingerprint density at radius 2 is 1.59 bits per heavy atom. The van der Waals surface area contributed by atoms with E-state index >= 15 is 0 Å². The molecule has 114 valence electrons. The molecule has 0 aliphatic rings. The van der Waals surface area contributed by atoms with Crippen LogP contribution in [0.3, 0.4) is 0 Å². The van der Waals surface area contributed by atoms with E-state index in [-0.39, 0.29) is 12.1 Å². The quantitative estimate of drug-likeness (QED) is 0.810. The first-order valence-electron chi connectivity index (χ1n) is 6.34. The van der Waals surface area contributed by atoms with Crippen LogP contribution in [0.5, 0.6) is 0 Å². The molecule has 0 unspecified atom stereocenters. The molecule has 0 fully saturated rings. The minimum absolute atomic E-state index is 0.0930. The number of rotatable bonds is 4. The number of carbonyl (C=O) groups is 2. The second-order valence-corrected chi connectivity index (χ2v) is 4.53. The molecule has 0 saturated heterocycles. The van der Waals surface area contributed by atoms with E-state index in [1.165, 1.54) is 0 Å². The zero-order valence-corrected chi connectivity index (χ0v) is 11.4. The first kappa shape index (κ1) is 15.4. The van der Waals surface area contributed by atoms with Crippen LogP contribution in [0, 0.1) is 11.6 Å². The van der Waals surface area contributed by atoms with E-state index in [2.05, 4.69) is 10.6 Å². The van der Waals surface area contributed by atoms with Gasteiger partial charge in [-0.25, -0.2) is 13.6 Å². The van der Waals surface area contributed by atoms with Crippen LogP contribution in [-0.4, -0.2) is 11.9 Å². The van der Waals surface area contributed by atoms with Crippen LogP contribution in [0.15, 0.2) is 42.5 Å². The molecule has 3 amide bonds. The normalized spacial score (nSPS) is 10.1. The number of nitrogens with two attached hydrogens (primary N) is 1. The highest BCUT2D eigenvalue weighted by Gasteiger charge is 2.09. The van der Waals surface area contributed by atoms with Crippen molar-refractivity contribution in [3.05, 3.63) is 65.2 Å². The van der Waals surface area contributed by atoms with Crippen molar-refractivity contribution in [2.24, 2.45) is 5.73 Å². The molecule has 7 heteroatoms. The fourth-order valence-electron chi connectivity index (χ4n) is 1.82. The van der Waals surface area contributed by atoms with Crippen molar-refractivity contribution in [3.63, 3.8) is 0 Å². The minimum Gasteiger partial charge on any atom is -0.351 e.